The molecule has 20 heavy (non-hydrogen) atoms. The van der Waals surface area contributed by atoms with Crippen molar-refractivity contribution in [3.05, 3.63) is 64.4 Å². The van der Waals surface area contributed by atoms with Gasteiger partial charge in [-0.15, -0.1) is 0 Å². The lowest BCUT2D eigenvalue weighted by Crippen LogP contribution is -2.28. The molecule has 0 bridgehead atoms. The van der Waals surface area contributed by atoms with Crippen LogP contribution in [0.1, 0.15) is 10.4 Å². The highest BCUT2D eigenvalue weighted by molar-refractivity contribution is 9.10. The standard InChI is InChI=1S/C15H13BrFNO2/c16-12-8-11(9-13(17)10-12)15(19)18-6-7-20-14-4-2-1-3-5-14/h1-5,8-10H,6-7H2,(H,18,19). The quantitative estimate of drug-likeness (QED) is 0.849. The summed E-state index contributed by atoms with van der Waals surface area (Å²) >= 11 is 3.15. The van der Waals surface area contributed by atoms with E-state index in [4.69, 9.17) is 4.74 Å². The van der Waals surface area contributed by atoms with Gasteiger partial charge < -0.3 is 10.1 Å². The second-order valence-corrected chi connectivity index (χ2v) is 4.99. The summed E-state index contributed by atoms with van der Waals surface area (Å²) in [4.78, 5) is 11.8. The summed E-state index contributed by atoms with van der Waals surface area (Å²) < 4.78 is 19.1. The smallest absolute Gasteiger partial charge is 0.251 e. The van der Waals surface area contributed by atoms with Gasteiger partial charge in [0.25, 0.3) is 5.91 Å². The Morgan fingerprint density at radius 2 is 1.95 bits per heavy atom. The van der Waals surface area contributed by atoms with Crippen LogP contribution in [0.2, 0.25) is 0 Å². The van der Waals surface area contributed by atoms with Crippen molar-refractivity contribution in [2.24, 2.45) is 0 Å². The number of carbonyl (C=O) groups is 1. The van der Waals surface area contributed by atoms with Crippen LogP contribution in [0, 0.1) is 5.82 Å². The minimum absolute atomic E-state index is 0.275. The van der Waals surface area contributed by atoms with Gasteiger partial charge in [0.2, 0.25) is 0 Å². The van der Waals surface area contributed by atoms with Crippen molar-refractivity contribution in [3.8, 4) is 5.75 Å². The van der Waals surface area contributed by atoms with E-state index < -0.39 is 5.82 Å². The topological polar surface area (TPSA) is 38.3 Å². The van der Waals surface area contributed by atoms with Crippen LogP contribution >= 0.6 is 15.9 Å². The fourth-order valence-electron chi connectivity index (χ4n) is 1.64. The van der Waals surface area contributed by atoms with Crippen molar-refractivity contribution in [2.75, 3.05) is 13.2 Å². The van der Waals surface area contributed by atoms with Crippen LogP contribution in [0.25, 0.3) is 0 Å². The molecule has 0 unspecified atom stereocenters. The average molecular weight is 338 g/mol. The number of halogens is 2. The fraction of sp³-hybridized carbons (Fsp3) is 0.133. The molecule has 0 aromatic heterocycles. The molecule has 5 heteroatoms. The maximum absolute atomic E-state index is 13.2. The van der Waals surface area contributed by atoms with Crippen molar-refractivity contribution >= 4 is 21.8 Å². The molecule has 1 N–H and O–H groups in total. The van der Waals surface area contributed by atoms with E-state index in [2.05, 4.69) is 21.2 Å². The first-order chi connectivity index (χ1) is 9.65. The Kier molecular flexibility index (Phi) is 5.12. The lowest BCUT2D eigenvalue weighted by atomic mass is 10.2. The molecular weight excluding hydrogens is 325 g/mol. The van der Waals surface area contributed by atoms with Gasteiger partial charge in [-0.25, -0.2) is 4.39 Å². The minimum atomic E-state index is -0.454. The number of hydrogen-bond acceptors (Lipinski definition) is 2. The number of hydrogen-bond donors (Lipinski definition) is 1. The SMILES string of the molecule is O=C(NCCOc1ccccc1)c1cc(F)cc(Br)c1. The molecule has 3 nitrogen and oxygen atoms in total. The lowest BCUT2D eigenvalue weighted by molar-refractivity contribution is 0.0946. The van der Waals surface area contributed by atoms with E-state index in [1.54, 1.807) is 6.07 Å². The van der Waals surface area contributed by atoms with Gasteiger partial charge in [-0.2, -0.15) is 0 Å². The van der Waals surface area contributed by atoms with Crippen molar-refractivity contribution < 1.29 is 13.9 Å². The Labute approximate surface area is 124 Å². The zero-order valence-corrected chi connectivity index (χ0v) is 12.2. The summed E-state index contributed by atoms with van der Waals surface area (Å²) in [6.07, 6.45) is 0. The first-order valence-corrected chi connectivity index (χ1v) is 6.86. The van der Waals surface area contributed by atoms with E-state index in [0.717, 1.165) is 5.75 Å². The number of ether oxygens (including phenoxy) is 1. The van der Waals surface area contributed by atoms with Crippen molar-refractivity contribution in [1.29, 1.82) is 0 Å². The predicted octanol–water partition coefficient (Wildman–Crippen LogP) is 3.40. The number of amides is 1. The predicted molar refractivity (Wildman–Crippen MR) is 78.4 cm³/mol. The molecule has 2 rings (SSSR count). The molecule has 2 aromatic carbocycles. The number of rotatable bonds is 5. The van der Waals surface area contributed by atoms with Gasteiger partial charge in [0, 0.05) is 10.0 Å². The van der Waals surface area contributed by atoms with E-state index in [1.807, 2.05) is 30.3 Å². The number of nitrogens with one attached hydrogen (secondary N) is 1. The normalized spacial score (nSPS) is 10.1. The van der Waals surface area contributed by atoms with Crippen LogP contribution in [0.15, 0.2) is 53.0 Å². The third kappa shape index (κ3) is 4.35. The Balaban J connectivity index is 1.80. The van der Waals surface area contributed by atoms with Crippen LogP contribution in [0.3, 0.4) is 0 Å². The van der Waals surface area contributed by atoms with E-state index in [9.17, 15) is 9.18 Å². The van der Waals surface area contributed by atoms with Gasteiger partial charge in [0.15, 0.2) is 0 Å². The molecule has 2 aromatic rings. The third-order valence-corrected chi connectivity index (χ3v) is 2.98. The van der Waals surface area contributed by atoms with Crippen LogP contribution in [0.4, 0.5) is 4.39 Å². The number of para-hydroxylation sites is 1. The summed E-state index contributed by atoms with van der Waals surface area (Å²) in [7, 11) is 0. The van der Waals surface area contributed by atoms with E-state index >= 15 is 0 Å². The van der Waals surface area contributed by atoms with E-state index in [0.29, 0.717) is 17.6 Å². The molecule has 0 heterocycles. The first-order valence-electron chi connectivity index (χ1n) is 6.07. The number of benzene rings is 2. The molecule has 0 saturated heterocycles. The van der Waals surface area contributed by atoms with Gasteiger partial charge in [-0.05, 0) is 30.3 Å². The Morgan fingerprint density at radius 1 is 1.20 bits per heavy atom. The highest BCUT2D eigenvalue weighted by Crippen LogP contribution is 2.14. The molecule has 0 atom stereocenters. The molecule has 0 spiro atoms. The Hall–Kier alpha value is -1.88. The summed E-state index contributed by atoms with van der Waals surface area (Å²) in [6.45, 7) is 0.702. The molecular formula is C15H13BrFNO2. The van der Waals surface area contributed by atoms with Gasteiger partial charge >= 0.3 is 0 Å². The first kappa shape index (κ1) is 14.5. The van der Waals surface area contributed by atoms with E-state index in [-0.39, 0.29) is 11.5 Å². The van der Waals surface area contributed by atoms with Crippen LogP contribution in [-0.2, 0) is 0 Å². The molecule has 0 aliphatic rings. The highest BCUT2D eigenvalue weighted by atomic mass is 79.9. The van der Waals surface area contributed by atoms with Gasteiger partial charge in [0.05, 0.1) is 6.54 Å². The van der Waals surface area contributed by atoms with Crippen LogP contribution in [0.5, 0.6) is 5.75 Å². The fourth-order valence-corrected chi connectivity index (χ4v) is 2.10. The number of carbonyl (C=O) groups excluding carboxylic acids is 1. The molecule has 0 aliphatic carbocycles. The monoisotopic (exact) mass is 337 g/mol. The highest BCUT2D eigenvalue weighted by Gasteiger charge is 2.07. The summed E-state index contributed by atoms with van der Waals surface area (Å²) in [5.74, 6) is -0.0397. The minimum Gasteiger partial charge on any atom is -0.492 e. The molecule has 1 amide bonds. The van der Waals surface area contributed by atoms with Crippen molar-refractivity contribution in [2.45, 2.75) is 0 Å². The van der Waals surface area contributed by atoms with Crippen LogP contribution in [-0.4, -0.2) is 19.1 Å². The zero-order valence-electron chi connectivity index (χ0n) is 10.6. The van der Waals surface area contributed by atoms with E-state index in [1.165, 1.54) is 12.1 Å². The van der Waals surface area contributed by atoms with Crippen molar-refractivity contribution in [1.82, 2.24) is 5.32 Å². The summed E-state index contributed by atoms with van der Waals surface area (Å²) in [5.41, 5.74) is 0.275. The lowest BCUT2D eigenvalue weighted by Gasteiger charge is -2.08. The Bertz CT molecular complexity index is 569. The average Bonchev–Trinajstić information content (AvgIpc) is 2.43. The maximum Gasteiger partial charge on any atom is 0.251 e. The largest absolute Gasteiger partial charge is 0.492 e. The molecule has 104 valence electrons. The second kappa shape index (κ2) is 7.05. The summed E-state index contributed by atoms with van der Waals surface area (Å²) in [6, 6.07) is 13.4. The summed E-state index contributed by atoms with van der Waals surface area (Å²) in [5, 5.41) is 2.67. The van der Waals surface area contributed by atoms with Crippen LogP contribution < -0.4 is 10.1 Å². The molecule has 0 fully saturated rings. The van der Waals surface area contributed by atoms with Gasteiger partial charge in [0.1, 0.15) is 18.2 Å². The van der Waals surface area contributed by atoms with Gasteiger partial charge in [-0.1, -0.05) is 34.1 Å². The molecule has 0 radical (unpaired) electrons. The zero-order chi connectivity index (χ0) is 14.4. The van der Waals surface area contributed by atoms with Crippen molar-refractivity contribution in [3.63, 3.8) is 0 Å². The molecule has 0 aliphatic heterocycles. The Morgan fingerprint density at radius 3 is 2.65 bits per heavy atom. The second-order valence-electron chi connectivity index (χ2n) is 4.08. The maximum atomic E-state index is 13.2. The third-order valence-electron chi connectivity index (χ3n) is 2.52. The molecule has 0 saturated carbocycles. The van der Waals surface area contributed by atoms with Gasteiger partial charge in [-0.3, -0.25) is 4.79 Å².